The molecule has 5 heteroatoms. The third kappa shape index (κ3) is 4.13. The Kier molecular flexibility index (Phi) is 5.64. The van der Waals surface area contributed by atoms with Crippen molar-refractivity contribution in [2.75, 3.05) is 5.33 Å². The van der Waals surface area contributed by atoms with Crippen molar-refractivity contribution in [2.45, 2.75) is 25.8 Å². The number of thiophene rings is 1. The number of carbonyl (C=O) groups excluding carboxylic acids is 1. The van der Waals surface area contributed by atoms with Crippen molar-refractivity contribution < 1.29 is 4.79 Å². The first-order valence-electron chi connectivity index (χ1n) is 4.79. The van der Waals surface area contributed by atoms with Gasteiger partial charge in [-0.1, -0.05) is 34.5 Å². The molecule has 0 spiro atoms. The molecule has 15 heavy (non-hydrogen) atoms. The summed E-state index contributed by atoms with van der Waals surface area (Å²) < 4.78 is 0.647. The normalized spacial score (nSPS) is 12.5. The largest absolute Gasteiger partial charge is 0.349 e. The predicted molar refractivity (Wildman–Crippen MR) is 69.3 cm³/mol. The van der Waals surface area contributed by atoms with Crippen LogP contribution in [0.2, 0.25) is 4.34 Å². The molecular weight excluding hydrogens is 298 g/mol. The zero-order valence-corrected chi connectivity index (χ0v) is 11.6. The topological polar surface area (TPSA) is 29.1 Å². The van der Waals surface area contributed by atoms with E-state index in [4.69, 9.17) is 11.6 Å². The summed E-state index contributed by atoms with van der Waals surface area (Å²) in [7, 11) is 0. The SMILES string of the molecule is CCC(CCBr)NC(=O)c1ccc(Cl)s1. The molecule has 0 aromatic carbocycles. The van der Waals surface area contributed by atoms with E-state index in [0.29, 0.717) is 9.21 Å². The number of alkyl halides is 1. The highest BCUT2D eigenvalue weighted by Crippen LogP contribution is 2.21. The average Bonchev–Trinajstić information content (AvgIpc) is 2.64. The van der Waals surface area contributed by atoms with Gasteiger partial charge in [-0.3, -0.25) is 4.79 Å². The highest BCUT2D eigenvalue weighted by atomic mass is 79.9. The van der Waals surface area contributed by atoms with E-state index < -0.39 is 0 Å². The maximum atomic E-state index is 11.7. The molecule has 0 saturated heterocycles. The van der Waals surface area contributed by atoms with Crippen molar-refractivity contribution in [2.24, 2.45) is 0 Å². The Hall–Kier alpha value is -0.0600. The summed E-state index contributed by atoms with van der Waals surface area (Å²) in [6.45, 7) is 2.06. The minimum Gasteiger partial charge on any atom is -0.349 e. The molecule has 1 aromatic rings. The maximum Gasteiger partial charge on any atom is 0.261 e. The van der Waals surface area contributed by atoms with Gasteiger partial charge in [0.2, 0.25) is 0 Å². The molecule has 0 radical (unpaired) electrons. The number of hydrogen-bond acceptors (Lipinski definition) is 2. The predicted octanol–water partition coefficient (Wildman–Crippen LogP) is 3.69. The van der Waals surface area contributed by atoms with Crippen LogP contribution in [-0.4, -0.2) is 17.3 Å². The van der Waals surface area contributed by atoms with Crippen molar-refractivity contribution in [3.05, 3.63) is 21.3 Å². The van der Waals surface area contributed by atoms with E-state index in [2.05, 4.69) is 28.2 Å². The number of carbonyl (C=O) groups is 1. The molecule has 1 amide bonds. The van der Waals surface area contributed by atoms with Crippen LogP contribution >= 0.6 is 38.9 Å². The lowest BCUT2D eigenvalue weighted by molar-refractivity contribution is 0.0939. The Morgan fingerprint density at radius 3 is 2.87 bits per heavy atom. The molecule has 1 atom stereocenters. The van der Waals surface area contributed by atoms with E-state index in [1.54, 1.807) is 12.1 Å². The first kappa shape index (κ1) is 13.0. The molecule has 1 aromatic heterocycles. The van der Waals surface area contributed by atoms with Crippen molar-refractivity contribution in [3.63, 3.8) is 0 Å². The Labute approximate surface area is 107 Å². The van der Waals surface area contributed by atoms with Gasteiger partial charge in [0.15, 0.2) is 0 Å². The van der Waals surface area contributed by atoms with E-state index in [0.717, 1.165) is 18.2 Å². The maximum absolute atomic E-state index is 11.7. The number of nitrogens with one attached hydrogen (secondary N) is 1. The summed E-state index contributed by atoms with van der Waals surface area (Å²) in [6.07, 6.45) is 1.89. The van der Waals surface area contributed by atoms with E-state index in [-0.39, 0.29) is 11.9 Å². The van der Waals surface area contributed by atoms with Gasteiger partial charge in [-0.2, -0.15) is 0 Å². The van der Waals surface area contributed by atoms with Crippen LogP contribution in [0.1, 0.15) is 29.4 Å². The molecule has 1 heterocycles. The number of rotatable bonds is 5. The highest BCUT2D eigenvalue weighted by molar-refractivity contribution is 9.09. The highest BCUT2D eigenvalue weighted by Gasteiger charge is 2.13. The lowest BCUT2D eigenvalue weighted by Crippen LogP contribution is -2.34. The zero-order chi connectivity index (χ0) is 11.3. The van der Waals surface area contributed by atoms with Gasteiger partial charge >= 0.3 is 0 Å². The Morgan fingerprint density at radius 2 is 2.40 bits per heavy atom. The van der Waals surface area contributed by atoms with Gasteiger partial charge in [-0.25, -0.2) is 0 Å². The monoisotopic (exact) mass is 309 g/mol. The second-order valence-electron chi connectivity index (χ2n) is 3.16. The van der Waals surface area contributed by atoms with Crippen LogP contribution < -0.4 is 5.32 Å². The molecule has 1 rings (SSSR count). The fourth-order valence-corrected chi connectivity index (χ4v) is 2.70. The van der Waals surface area contributed by atoms with Crippen LogP contribution in [0, 0.1) is 0 Å². The van der Waals surface area contributed by atoms with Crippen molar-refractivity contribution >= 4 is 44.8 Å². The molecule has 1 N–H and O–H groups in total. The van der Waals surface area contributed by atoms with E-state index in [1.165, 1.54) is 11.3 Å². The van der Waals surface area contributed by atoms with Crippen LogP contribution in [0.5, 0.6) is 0 Å². The summed E-state index contributed by atoms with van der Waals surface area (Å²) in [5.41, 5.74) is 0. The molecule has 0 saturated carbocycles. The zero-order valence-electron chi connectivity index (χ0n) is 8.43. The first-order valence-corrected chi connectivity index (χ1v) is 7.11. The second-order valence-corrected chi connectivity index (χ2v) is 5.67. The third-order valence-corrected chi connectivity index (χ3v) is 3.77. The van der Waals surface area contributed by atoms with E-state index in [1.807, 2.05) is 0 Å². The van der Waals surface area contributed by atoms with Gasteiger partial charge in [-0.15, -0.1) is 11.3 Å². The van der Waals surface area contributed by atoms with Gasteiger partial charge in [0.05, 0.1) is 9.21 Å². The van der Waals surface area contributed by atoms with Crippen molar-refractivity contribution in [1.29, 1.82) is 0 Å². The summed E-state index contributed by atoms with van der Waals surface area (Å²) >= 11 is 10.4. The van der Waals surface area contributed by atoms with Crippen LogP contribution in [0.25, 0.3) is 0 Å². The summed E-state index contributed by atoms with van der Waals surface area (Å²) in [5.74, 6) is -0.0281. The first-order chi connectivity index (χ1) is 7.17. The van der Waals surface area contributed by atoms with Crippen molar-refractivity contribution in [3.8, 4) is 0 Å². The quantitative estimate of drug-likeness (QED) is 0.826. The van der Waals surface area contributed by atoms with Gasteiger partial charge in [-0.05, 0) is 25.0 Å². The van der Waals surface area contributed by atoms with Crippen LogP contribution in [0.4, 0.5) is 0 Å². The molecule has 2 nitrogen and oxygen atoms in total. The fourth-order valence-electron chi connectivity index (χ4n) is 1.20. The summed E-state index contributed by atoms with van der Waals surface area (Å²) in [4.78, 5) is 12.4. The number of amides is 1. The fraction of sp³-hybridized carbons (Fsp3) is 0.500. The van der Waals surface area contributed by atoms with Gasteiger partial charge < -0.3 is 5.32 Å². The van der Waals surface area contributed by atoms with Gasteiger partial charge in [0, 0.05) is 11.4 Å². The lowest BCUT2D eigenvalue weighted by Gasteiger charge is -2.14. The minimum absolute atomic E-state index is 0.0281. The third-order valence-electron chi connectivity index (χ3n) is 2.08. The summed E-state index contributed by atoms with van der Waals surface area (Å²) in [6, 6.07) is 3.73. The Balaban J connectivity index is 2.54. The number of hydrogen-bond donors (Lipinski definition) is 1. The molecule has 0 fully saturated rings. The number of halogens is 2. The molecule has 0 bridgehead atoms. The van der Waals surface area contributed by atoms with Gasteiger partial charge in [0.1, 0.15) is 0 Å². The molecule has 0 aliphatic carbocycles. The average molecular weight is 311 g/mol. The Morgan fingerprint density at radius 1 is 1.67 bits per heavy atom. The van der Waals surface area contributed by atoms with Crippen LogP contribution in [0.3, 0.4) is 0 Å². The van der Waals surface area contributed by atoms with E-state index >= 15 is 0 Å². The second kappa shape index (κ2) is 6.51. The Bertz CT molecular complexity index is 329. The standard InChI is InChI=1S/C10H13BrClNOS/c1-2-7(5-6-11)13-10(14)8-3-4-9(12)15-8/h3-4,7H,2,5-6H2,1H3,(H,13,14). The molecule has 0 aliphatic rings. The molecule has 84 valence electrons. The molecule has 1 unspecified atom stereocenters. The minimum atomic E-state index is -0.0281. The van der Waals surface area contributed by atoms with Crippen LogP contribution in [-0.2, 0) is 0 Å². The molecule has 0 aliphatic heterocycles. The van der Waals surface area contributed by atoms with Crippen molar-refractivity contribution in [1.82, 2.24) is 5.32 Å². The smallest absolute Gasteiger partial charge is 0.261 e. The van der Waals surface area contributed by atoms with Gasteiger partial charge in [0.25, 0.3) is 5.91 Å². The summed E-state index contributed by atoms with van der Waals surface area (Å²) in [5, 5.41) is 3.88. The van der Waals surface area contributed by atoms with Crippen LogP contribution in [0.15, 0.2) is 12.1 Å². The molecular formula is C10H13BrClNOS. The lowest BCUT2D eigenvalue weighted by atomic mass is 10.2. The van der Waals surface area contributed by atoms with E-state index in [9.17, 15) is 4.79 Å².